The highest BCUT2D eigenvalue weighted by molar-refractivity contribution is 5.91. The van der Waals surface area contributed by atoms with Gasteiger partial charge in [0.25, 0.3) is 0 Å². The third-order valence-corrected chi connectivity index (χ3v) is 2.85. The molecule has 0 spiro atoms. The van der Waals surface area contributed by atoms with Gasteiger partial charge in [-0.3, -0.25) is 4.79 Å². The summed E-state index contributed by atoms with van der Waals surface area (Å²) in [5, 5.41) is 0. The Hall–Kier alpha value is -0.830. The molecule has 2 N–H and O–H groups in total. The zero-order valence-electron chi connectivity index (χ0n) is 11.7. The molecule has 0 heterocycles. The molecule has 0 unspecified atom stereocenters. The van der Waals surface area contributed by atoms with Gasteiger partial charge in [0.15, 0.2) is 0 Å². The Bertz CT molecular complexity index is 230. The van der Waals surface area contributed by atoms with E-state index >= 15 is 0 Å². The topological polar surface area (TPSA) is 46.3 Å². The van der Waals surface area contributed by atoms with Crippen molar-refractivity contribution in [2.45, 2.75) is 52.9 Å². The second-order valence-electron chi connectivity index (χ2n) is 4.59. The Balaban J connectivity index is 3.67. The lowest BCUT2D eigenvalue weighted by atomic mass is 10.1. The number of carbonyl (C=O) groups is 1. The molecule has 0 bridgehead atoms. The maximum absolute atomic E-state index is 10.8. The van der Waals surface area contributed by atoms with Gasteiger partial charge in [-0.15, -0.1) is 0 Å². The third-order valence-electron chi connectivity index (χ3n) is 2.85. The highest BCUT2D eigenvalue weighted by atomic mass is 16.1. The molecule has 0 atom stereocenters. The van der Waals surface area contributed by atoms with Crippen LogP contribution in [-0.2, 0) is 4.79 Å². The third kappa shape index (κ3) is 8.93. The smallest absolute Gasteiger partial charge is 0.244 e. The number of primary amides is 1. The maximum Gasteiger partial charge on any atom is 0.244 e. The van der Waals surface area contributed by atoms with E-state index < -0.39 is 0 Å². The molecule has 3 heteroatoms. The monoisotopic (exact) mass is 240 g/mol. The van der Waals surface area contributed by atoms with Crippen molar-refractivity contribution in [1.29, 1.82) is 0 Å². The van der Waals surface area contributed by atoms with Crippen molar-refractivity contribution in [2.24, 2.45) is 5.73 Å². The second-order valence-corrected chi connectivity index (χ2v) is 4.59. The number of unbranched alkanes of at least 4 members (excludes halogenated alkanes) is 2. The molecule has 0 saturated carbocycles. The number of carbonyl (C=O) groups excluding carboxylic acids is 1. The van der Waals surface area contributed by atoms with Crippen LogP contribution >= 0.6 is 0 Å². The standard InChI is InChI=1S/C14H28N2O/c1-4-10-16(11-5-2)12-8-6-7-9-13(3)14(15)17/h9H,4-8,10-12H2,1-3H3,(H2,15,17). The summed E-state index contributed by atoms with van der Waals surface area (Å²) in [6.45, 7) is 9.80. The van der Waals surface area contributed by atoms with Gasteiger partial charge in [-0.25, -0.2) is 0 Å². The van der Waals surface area contributed by atoms with E-state index in [0.717, 1.165) is 12.8 Å². The predicted octanol–water partition coefficient (Wildman–Crippen LogP) is 2.71. The highest BCUT2D eigenvalue weighted by Crippen LogP contribution is 2.04. The van der Waals surface area contributed by atoms with Crippen molar-refractivity contribution in [2.75, 3.05) is 19.6 Å². The largest absolute Gasteiger partial charge is 0.366 e. The Morgan fingerprint density at radius 3 is 2.18 bits per heavy atom. The van der Waals surface area contributed by atoms with Crippen LogP contribution in [0.2, 0.25) is 0 Å². The molecule has 0 radical (unpaired) electrons. The van der Waals surface area contributed by atoms with Gasteiger partial charge in [0.05, 0.1) is 0 Å². The van der Waals surface area contributed by atoms with E-state index in [9.17, 15) is 4.79 Å². The summed E-state index contributed by atoms with van der Waals surface area (Å²) in [4.78, 5) is 13.3. The zero-order valence-corrected chi connectivity index (χ0v) is 11.7. The number of hydrogen-bond acceptors (Lipinski definition) is 2. The fourth-order valence-corrected chi connectivity index (χ4v) is 1.87. The van der Waals surface area contributed by atoms with Crippen LogP contribution in [0.4, 0.5) is 0 Å². The lowest BCUT2D eigenvalue weighted by molar-refractivity contribution is -0.114. The van der Waals surface area contributed by atoms with Gasteiger partial charge in [-0.05, 0) is 58.7 Å². The van der Waals surface area contributed by atoms with E-state index in [0.29, 0.717) is 5.57 Å². The van der Waals surface area contributed by atoms with Gasteiger partial charge < -0.3 is 10.6 Å². The summed E-state index contributed by atoms with van der Waals surface area (Å²) < 4.78 is 0. The van der Waals surface area contributed by atoms with Gasteiger partial charge >= 0.3 is 0 Å². The van der Waals surface area contributed by atoms with E-state index in [-0.39, 0.29) is 5.91 Å². The number of allylic oxidation sites excluding steroid dienone is 1. The average Bonchev–Trinajstić information content (AvgIpc) is 2.28. The molecule has 1 amide bonds. The van der Waals surface area contributed by atoms with Crippen molar-refractivity contribution in [1.82, 2.24) is 4.90 Å². The fraction of sp³-hybridized carbons (Fsp3) is 0.786. The molecule has 0 saturated heterocycles. The SMILES string of the molecule is CCCN(CCC)CCCCC=C(C)C(N)=O. The Labute approximate surface area is 106 Å². The van der Waals surface area contributed by atoms with Crippen molar-refractivity contribution in [3.63, 3.8) is 0 Å². The molecule has 0 aromatic rings. The minimum atomic E-state index is -0.302. The number of nitrogens with two attached hydrogens (primary N) is 1. The first-order valence-corrected chi connectivity index (χ1v) is 6.80. The summed E-state index contributed by atoms with van der Waals surface area (Å²) >= 11 is 0. The molecule has 0 aliphatic heterocycles. The van der Waals surface area contributed by atoms with E-state index in [1.54, 1.807) is 6.92 Å². The molecule has 0 fully saturated rings. The first-order chi connectivity index (χ1) is 8.11. The molecule has 17 heavy (non-hydrogen) atoms. The summed E-state index contributed by atoms with van der Waals surface area (Å²) in [6.07, 6.45) is 7.69. The Kier molecular flexibility index (Phi) is 9.83. The van der Waals surface area contributed by atoms with Crippen LogP contribution in [0.25, 0.3) is 0 Å². The summed E-state index contributed by atoms with van der Waals surface area (Å²) in [7, 11) is 0. The van der Waals surface area contributed by atoms with Crippen LogP contribution in [0.3, 0.4) is 0 Å². The van der Waals surface area contributed by atoms with Gasteiger partial charge in [-0.1, -0.05) is 19.9 Å². The van der Waals surface area contributed by atoms with E-state index in [4.69, 9.17) is 5.73 Å². The highest BCUT2D eigenvalue weighted by Gasteiger charge is 2.01. The minimum absolute atomic E-state index is 0.302. The molecule has 0 aromatic heterocycles. The normalized spacial score (nSPS) is 12.1. The summed E-state index contributed by atoms with van der Waals surface area (Å²) in [5.41, 5.74) is 5.85. The van der Waals surface area contributed by atoms with Gasteiger partial charge in [0.1, 0.15) is 0 Å². The van der Waals surface area contributed by atoms with Crippen molar-refractivity contribution >= 4 is 5.91 Å². The molecule has 0 aliphatic rings. The molecule has 0 rings (SSSR count). The first-order valence-electron chi connectivity index (χ1n) is 6.80. The molecule has 100 valence electrons. The van der Waals surface area contributed by atoms with E-state index in [2.05, 4.69) is 18.7 Å². The number of amides is 1. The van der Waals surface area contributed by atoms with Crippen molar-refractivity contribution < 1.29 is 4.79 Å². The van der Waals surface area contributed by atoms with Gasteiger partial charge in [0, 0.05) is 5.57 Å². The lowest BCUT2D eigenvalue weighted by Crippen LogP contribution is -2.26. The van der Waals surface area contributed by atoms with Crippen LogP contribution in [0.15, 0.2) is 11.6 Å². The lowest BCUT2D eigenvalue weighted by Gasteiger charge is -2.20. The number of rotatable bonds is 10. The molecular formula is C14H28N2O. The van der Waals surface area contributed by atoms with Crippen LogP contribution in [-0.4, -0.2) is 30.4 Å². The predicted molar refractivity (Wildman–Crippen MR) is 73.8 cm³/mol. The number of hydrogen-bond donors (Lipinski definition) is 1. The van der Waals surface area contributed by atoms with E-state index in [1.165, 1.54) is 38.9 Å². The zero-order chi connectivity index (χ0) is 13.1. The maximum atomic E-state index is 10.8. The fourth-order valence-electron chi connectivity index (χ4n) is 1.87. The molecule has 0 aromatic carbocycles. The van der Waals surface area contributed by atoms with E-state index in [1.807, 2.05) is 6.08 Å². The van der Waals surface area contributed by atoms with Crippen LogP contribution in [0.5, 0.6) is 0 Å². The Morgan fingerprint density at radius 1 is 1.12 bits per heavy atom. The molecule has 0 aliphatic carbocycles. The van der Waals surface area contributed by atoms with Gasteiger partial charge in [0.2, 0.25) is 5.91 Å². The van der Waals surface area contributed by atoms with Crippen molar-refractivity contribution in [3.05, 3.63) is 11.6 Å². The van der Waals surface area contributed by atoms with Crippen LogP contribution in [0, 0.1) is 0 Å². The van der Waals surface area contributed by atoms with Crippen LogP contribution in [0.1, 0.15) is 52.9 Å². The number of nitrogens with zero attached hydrogens (tertiary/aromatic N) is 1. The first kappa shape index (κ1) is 16.2. The average molecular weight is 240 g/mol. The second kappa shape index (κ2) is 10.3. The van der Waals surface area contributed by atoms with Crippen LogP contribution < -0.4 is 5.73 Å². The Morgan fingerprint density at radius 2 is 1.71 bits per heavy atom. The van der Waals surface area contributed by atoms with Crippen molar-refractivity contribution in [3.8, 4) is 0 Å². The minimum Gasteiger partial charge on any atom is -0.366 e. The molecule has 3 nitrogen and oxygen atoms in total. The quantitative estimate of drug-likeness (QED) is 0.471. The molecular weight excluding hydrogens is 212 g/mol. The summed E-state index contributed by atoms with van der Waals surface area (Å²) in [6, 6.07) is 0. The summed E-state index contributed by atoms with van der Waals surface area (Å²) in [5.74, 6) is -0.302. The van der Waals surface area contributed by atoms with Gasteiger partial charge in [-0.2, -0.15) is 0 Å².